The zero-order chi connectivity index (χ0) is 21.8. The minimum atomic E-state index is 0.0707. The van der Waals surface area contributed by atoms with E-state index in [1.54, 1.807) is 0 Å². The van der Waals surface area contributed by atoms with Gasteiger partial charge in [-0.2, -0.15) is 0 Å². The molecule has 0 N–H and O–H groups in total. The summed E-state index contributed by atoms with van der Waals surface area (Å²) in [5, 5.41) is 0. The van der Waals surface area contributed by atoms with E-state index in [1.165, 1.54) is 0 Å². The zero-order valence-corrected chi connectivity index (χ0v) is 18.5. The number of aryl methyl sites for hydroxylation is 2. The summed E-state index contributed by atoms with van der Waals surface area (Å²) in [5.74, 6) is 0.948. The van der Waals surface area contributed by atoms with Crippen LogP contribution < -0.4 is 0 Å². The molecule has 158 valence electrons. The average Bonchev–Trinajstić information content (AvgIpc) is 3.16. The number of imidazole rings is 1. The summed E-state index contributed by atoms with van der Waals surface area (Å²) in [7, 11) is 0. The van der Waals surface area contributed by atoms with Gasteiger partial charge in [0, 0.05) is 17.8 Å². The second kappa shape index (κ2) is 9.17. The highest BCUT2D eigenvalue weighted by Crippen LogP contribution is 2.24. The first-order chi connectivity index (χ1) is 15.1. The molecule has 0 aliphatic heterocycles. The van der Waals surface area contributed by atoms with Crippen LogP contribution in [0.25, 0.3) is 16.7 Å². The number of unbranched alkanes of at least 4 members (excludes halogenated alkanes) is 1. The Morgan fingerprint density at radius 2 is 1.71 bits per heavy atom. The van der Waals surface area contributed by atoms with Gasteiger partial charge in [-0.1, -0.05) is 61.4 Å². The van der Waals surface area contributed by atoms with Crippen molar-refractivity contribution in [1.82, 2.24) is 14.5 Å². The van der Waals surface area contributed by atoms with Crippen LogP contribution in [-0.4, -0.2) is 26.9 Å². The first-order valence-electron chi connectivity index (χ1n) is 11.0. The van der Waals surface area contributed by atoms with Crippen molar-refractivity contribution in [2.45, 2.75) is 40.2 Å². The molecular formula is C27H29N3O. The normalized spacial score (nSPS) is 11.1. The smallest absolute Gasteiger partial charge is 0.254 e. The van der Waals surface area contributed by atoms with Gasteiger partial charge in [0.1, 0.15) is 5.82 Å². The van der Waals surface area contributed by atoms with Crippen LogP contribution in [0.4, 0.5) is 0 Å². The molecule has 0 fully saturated rings. The molecule has 4 heteroatoms. The molecular weight excluding hydrogens is 382 g/mol. The summed E-state index contributed by atoms with van der Waals surface area (Å²) in [6.45, 7) is 7.36. The number of hydrogen-bond acceptors (Lipinski definition) is 2. The van der Waals surface area contributed by atoms with Gasteiger partial charge >= 0.3 is 0 Å². The van der Waals surface area contributed by atoms with Crippen LogP contribution in [0.15, 0.2) is 72.8 Å². The standard InChI is InChI=1S/C27H29N3O/c1-4-5-17-29(27(31)23-18-20(2)15-16-21(23)3)19-26-28-24-13-9-10-14-25(24)30(26)22-11-7-6-8-12-22/h6-16,18H,4-5,17,19H2,1-3H3. The van der Waals surface area contributed by atoms with Gasteiger partial charge in [0.2, 0.25) is 0 Å². The Bertz CT molecular complexity index is 1190. The fourth-order valence-corrected chi connectivity index (χ4v) is 3.96. The second-order valence-electron chi connectivity index (χ2n) is 8.09. The lowest BCUT2D eigenvalue weighted by molar-refractivity contribution is 0.0735. The van der Waals surface area contributed by atoms with Gasteiger partial charge < -0.3 is 4.90 Å². The quantitative estimate of drug-likeness (QED) is 0.369. The van der Waals surface area contributed by atoms with Crippen molar-refractivity contribution in [2.24, 2.45) is 0 Å². The largest absolute Gasteiger partial charge is 0.331 e. The lowest BCUT2D eigenvalue weighted by Gasteiger charge is -2.24. The summed E-state index contributed by atoms with van der Waals surface area (Å²) in [6.07, 6.45) is 1.99. The van der Waals surface area contributed by atoms with Crippen LogP contribution in [0.2, 0.25) is 0 Å². The van der Waals surface area contributed by atoms with Crippen LogP contribution in [0, 0.1) is 13.8 Å². The fraction of sp³-hybridized carbons (Fsp3) is 0.259. The predicted molar refractivity (Wildman–Crippen MR) is 127 cm³/mol. The number of carbonyl (C=O) groups is 1. The highest BCUT2D eigenvalue weighted by molar-refractivity contribution is 5.95. The summed E-state index contributed by atoms with van der Waals surface area (Å²) in [6, 6.07) is 24.5. The van der Waals surface area contributed by atoms with Crippen molar-refractivity contribution in [1.29, 1.82) is 0 Å². The highest BCUT2D eigenvalue weighted by atomic mass is 16.2. The molecule has 0 aliphatic rings. The van der Waals surface area contributed by atoms with E-state index in [2.05, 4.69) is 35.8 Å². The predicted octanol–water partition coefficient (Wildman–Crippen LogP) is 6.08. The van der Waals surface area contributed by atoms with E-state index in [-0.39, 0.29) is 5.91 Å². The molecule has 0 radical (unpaired) electrons. The third-order valence-corrected chi connectivity index (χ3v) is 5.67. The molecule has 0 unspecified atom stereocenters. The van der Waals surface area contributed by atoms with Gasteiger partial charge in [0.15, 0.2) is 0 Å². The summed E-state index contributed by atoms with van der Waals surface area (Å²) < 4.78 is 2.17. The maximum absolute atomic E-state index is 13.6. The summed E-state index contributed by atoms with van der Waals surface area (Å²) in [4.78, 5) is 20.5. The number of hydrogen-bond donors (Lipinski definition) is 0. The van der Waals surface area contributed by atoms with E-state index in [0.29, 0.717) is 13.1 Å². The Labute approximate surface area is 184 Å². The molecule has 4 nitrogen and oxygen atoms in total. The van der Waals surface area contributed by atoms with Crippen molar-refractivity contribution in [3.63, 3.8) is 0 Å². The third kappa shape index (κ3) is 4.38. The molecule has 0 bridgehead atoms. The highest BCUT2D eigenvalue weighted by Gasteiger charge is 2.21. The lowest BCUT2D eigenvalue weighted by Crippen LogP contribution is -2.33. The number of amides is 1. The maximum atomic E-state index is 13.6. The van der Waals surface area contributed by atoms with Crippen LogP contribution in [0.1, 0.15) is 47.1 Å². The number of rotatable bonds is 7. The van der Waals surface area contributed by atoms with Crippen LogP contribution in [0.5, 0.6) is 0 Å². The fourth-order valence-electron chi connectivity index (χ4n) is 3.96. The Morgan fingerprint density at radius 1 is 0.968 bits per heavy atom. The number of aromatic nitrogens is 2. The van der Waals surface area contributed by atoms with Crippen molar-refractivity contribution in [3.8, 4) is 5.69 Å². The number of benzene rings is 3. The number of nitrogens with zero attached hydrogens (tertiary/aromatic N) is 3. The Hall–Kier alpha value is -3.40. The number of para-hydroxylation sites is 3. The average molecular weight is 412 g/mol. The molecule has 0 atom stereocenters. The Morgan fingerprint density at radius 3 is 2.48 bits per heavy atom. The van der Waals surface area contributed by atoms with Gasteiger partial charge in [-0.15, -0.1) is 0 Å². The lowest BCUT2D eigenvalue weighted by atomic mass is 10.0. The van der Waals surface area contributed by atoms with E-state index >= 15 is 0 Å². The van der Waals surface area contributed by atoms with Crippen LogP contribution in [0.3, 0.4) is 0 Å². The molecule has 4 aromatic rings. The summed E-state index contributed by atoms with van der Waals surface area (Å²) >= 11 is 0. The monoisotopic (exact) mass is 411 g/mol. The molecule has 1 aromatic heterocycles. The minimum absolute atomic E-state index is 0.0707. The Balaban J connectivity index is 1.77. The molecule has 31 heavy (non-hydrogen) atoms. The zero-order valence-electron chi connectivity index (χ0n) is 18.5. The minimum Gasteiger partial charge on any atom is -0.331 e. The molecule has 4 rings (SSSR count). The van der Waals surface area contributed by atoms with Gasteiger partial charge in [-0.25, -0.2) is 4.98 Å². The first kappa shape index (κ1) is 20.9. The van der Waals surface area contributed by atoms with E-state index in [0.717, 1.165) is 52.1 Å². The van der Waals surface area contributed by atoms with E-state index in [9.17, 15) is 4.79 Å². The first-order valence-corrected chi connectivity index (χ1v) is 11.0. The van der Waals surface area contributed by atoms with Crippen LogP contribution >= 0.6 is 0 Å². The molecule has 0 saturated carbocycles. The number of carbonyl (C=O) groups excluding carboxylic acids is 1. The van der Waals surface area contributed by atoms with Crippen molar-refractivity contribution in [2.75, 3.05) is 6.54 Å². The van der Waals surface area contributed by atoms with Gasteiger partial charge in [-0.3, -0.25) is 9.36 Å². The molecule has 0 saturated heterocycles. The van der Waals surface area contributed by atoms with Gasteiger partial charge in [0.05, 0.1) is 17.6 Å². The van der Waals surface area contributed by atoms with Crippen molar-refractivity contribution < 1.29 is 4.79 Å². The van der Waals surface area contributed by atoms with Crippen LogP contribution in [-0.2, 0) is 6.54 Å². The SMILES string of the molecule is CCCCN(Cc1nc2ccccc2n1-c1ccccc1)C(=O)c1cc(C)ccc1C. The number of fused-ring (bicyclic) bond motifs is 1. The van der Waals surface area contributed by atoms with Crippen molar-refractivity contribution in [3.05, 3.63) is 95.3 Å². The second-order valence-corrected chi connectivity index (χ2v) is 8.09. The maximum Gasteiger partial charge on any atom is 0.254 e. The topological polar surface area (TPSA) is 38.1 Å². The van der Waals surface area contributed by atoms with E-state index in [1.807, 2.05) is 67.3 Å². The molecule has 1 heterocycles. The third-order valence-electron chi connectivity index (χ3n) is 5.67. The van der Waals surface area contributed by atoms with E-state index < -0.39 is 0 Å². The molecule has 1 amide bonds. The molecule has 0 aliphatic carbocycles. The molecule has 3 aromatic carbocycles. The van der Waals surface area contributed by atoms with Gasteiger partial charge in [0.25, 0.3) is 5.91 Å². The van der Waals surface area contributed by atoms with E-state index in [4.69, 9.17) is 4.98 Å². The molecule has 0 spiro atoms. The van der Waals surface area contributed by atoms with Crippen molar-refractivity contribution >= 4 is 16.9 Å². The Kier molecular flexibility index (Phi) is 6.17. The van der Waals surface area contributed by atoms with Gasteiger partial charge in [-0.05, 0) is 56.2 Å². The summed E-state index contributed by atoms with van der Waals surface area (Å²) in [5.41, 5.74) is 5.93.